The first-order chi connectivity index (χ1) is 14.0. The van der Waals surface area contributed by atoms with Gasteiger partial charge >= 0.3 is 5.97 Å². The molecule has 0 aliphatic rings. The van der Waals surface area contributed by atoms with Crippen molar-refractivity contribution < 1.29 is 39.9 Å². The second-order valence-corrected chi connectivity index (χ2v) is 6.82. The highest BCUT2D eigenvalue weighted by molar-refractivity contribution is 6.17. The topological polar surface area (TPSA) is 204 Å². The fourth-order valence-corrected chi connectivity index (χ4v) is 2.93. The van der Waals surface area contributed by atoms with Crippen LogP contribution in [0, 0.1) is 0 Å². The Morgan fingerprint density at radius 3 is 1.93 bits per heavy atom. The molecule has 2 atom stereocenters. The van der Waals surface area contributed by atoms with E-state index in [1.54, 1.807) is 0 Å². The predicted molar refractivity (Wildman–Crippen MR) is 105 cm³/mol. The molecule has 0 spiro atoms. The Bertz CT molecular complexity index is 991. The fraction of sp³-hybridized carbons (Fsp3) is 0.250. The lowest BCUT2D eigenvalue weighted by molar-refractivity contribution is -0.141. The summed E-state index contributed by atoms with van der Waals surface area (Å²) in [6, 6.07) is 6.16. The molecule has 0 saturated heterocycles. The third-order valence-electron chi connectivity index (χ3n) is 4.75. The zero-order chi connectivity index (χ0) is 22.6. The Labute approximate surface area is 171 Å². The molecule has 9 N–H and O–H groups in total. The number of ketones is 2. The van der Waals surface area contributed by atoms with Crippen LogP contribution in [0.4, 0.5) is 0 Å². The van der Waals surface area contributed by atoms with E-state index in [9.17, 15) is 39.9 Å². The van der Waals surface area contributed by atoms with E-state index in [4.69, 9.17) is 11.5 Å². The van der Waals surface area contributed by atoms with Gasteiger partial charge < -0.3 is 37.0 Å². The number of benzene rings is 2. The third-order valence-corrected chi connectivity index (χ3v) is 4.75. The van der Waals surface area contributed by atoms with E-state index >= 15 is 0 Å². The van der Waals surface area contributed by atoms with Gasteiger partial charge in [0.15, 0.2) is 40.1 Å². The summed E-state index contributed by atoms with van der Waals surface area (Å²) >= 11 is 0. The number of carboxylic acids is 1. The molecule has 10 nitrogen and oxygen atoms in total. The summed E-state index contributed by atoms with van der Waals surface area (Å²) in [5.41, 5.74) is 8.55. The molecule has 0 radical (unpaired) electrons. The lowest BCUT2D eigenvalue weighted by Gasteiger charge is -2.24. The molecule has 2 aromatic carbocycles. The van der Waals surface area contributed by atoms with Gasteiger partial charge in [-0.2, -0.15) is 0 Å². The van der Waals surface area contributed by atoms with Crippen LogP contribution in [-0.2, 0) is 4.79 Å². The molecule has 2 aromatic rings. The summed E-state index contributed by atoms with van der Waals surface area (Å²) in [6.45, 7) is 0. The number of aromatic hydroxyl groups is 4. The molecule has 0 amide bonds. The second-order valence-electron chi connectivity index (χ2n) is 6.82. The molecule has 1 unspecified atom stereocenters. The molecule has 0 aliphatic carbocycles. The van der Waals surface area contributed by atoms with E-state index in [1.807, 2.05) is 0 Å². The van der Waals surface area contributed by atoms with E-state index in [0.29, 0.717) is 0 Å². The van der Waals surface area contributed by atoms with Crippen molar-refractivity contribution in [2.45, 2.75) is 30.8 Å². The Morgan fingerprint density at radius 1 is 0.900 bits per heavy atom. The number of carbonyl (C=O) groups is 3. The maximum Gasteiger partial charge on any atom is 0.331 e. The van der Waals surface area contributed by atoms with Crippen LogP contribution in [0.5, 0.6) is 23.0 Å². The van der Waals surface area contributed by atoms with Crippen LogP contribution in [0.2, 0.25) is 0 Å². The van der Waals surface area contributed by atoms with Crippen molar-refractivity contribution in [3.05, 3.63) is 47.5 Å². The summed E-state index contributed by atoms with van der Waals surface area (Å²) in [4.78, 5) is 36.7. The van der Waals surface area contributed by atoms with Gasteiger partial charge in [-0.25, -0.2) is 4.79 Å². The van der Waals surface area contributed by atoms with Crippen molar-refractivity contribution in [1.82, 2.24) is 0 Å². The van der Waals surface area contributed by atoms with Gasteiger partial charge in [-0.3, -0.25) is 9.59 Å². The number of carboxylic acid groups (broad SMARTS) is 1. The molecule has 0 aromatic heterocycles. The highest BCUT2D eigenvalue weighted by atomic mass is 16.4. The summed E-state index contributed by atoms with van der Waals surface area (Å²) < 4.78 is 0. The Balaban J connectivity index is 2.13. The van der Waals surface area contributed by atoms with E-state index < -0.39 is 64.1 Å². The first-order valence-corrected chi connectivity index (χ1v) is 8.89. The van der Waals surface area contributed by atoms with Crippen molar-refractivity contribution >= 4 is 17.5 Å². The number of hydrogen-bond acceptors (Lipinski definition) is 9. The number of carbonyl (C=O) groups excluding carboxylic acids is 2. The lowest BCUT2D eigenvalue weighted by Crippen LogP contribution is -2.55. The van der Waals surface area contributed by atoms with Crippen LogP contribution in [-0.4, -0.2) is 54.6 Å². The van der Waals surface area contributed by atoms with Gasteiger partial charge in [-0.05, 0) is 43.5 Å². The van der Waals surface area contributed by atoms with Crippen molar-refractivity contribution in [1.29, 1.82) is 0 Å². The van der Waals surface area contributed by atoms with E-state index in [2.05, 4.69) is 0 Å². The largest absolute Gasteiger partial charge is 0.504 e. The summed E-state index contributed by atoms with van der Waals surface area (Å²) in [6.07, 6.45) is -0.538. The highest BCUT2D eigenvalue weighted by Crippen LogP contribution is 2.32. The summed E-state index contributed by atoms with van der Waals surface area (Å²) in [7, 11) is 0. The van der Waals surface area contributed by atoms with Gasteiger partial charge in [0.05, 0.1) is 17.2 Å². The van der Waals surface area contributed by atoms with Crippen molar-refractivity contribution in [2.24, 2.45) is 11.5 Å². The van der Waals surface area contributed by atoms with Crippen LogP contribution in [0.3, 0.4) is 0 Å². The molecule has 10 heteroatoms. The van der Waals surface area contributed by atoms with Crippen molar-refractivity contribution in [3.63, 3.8) is 0 Å². The quantitative estimate of drug-likeness (QED) is 0.174. The van der Waals surface area contributed by atoms with E-state index in [1.165, 1.54) is 24.3 Å². The van der Waals surface area contributed by atoms with Crippen molar-refractivity contribution in [2.75, 3.05) is 0 Å². The fourth-order valence-electron chi connectivity index (χ4n) is 2.93. The average Bonchev–Trinajstić information content (AvgIpc) is 2.70. The molecule has 0 saturated carbocycles. The number of hydrogen-bond donors (Lipinski definition) is 7. The molecular weight excluding hydrogens is 396 g/mol. The van der Waals surface area contributed by atoms with Crippen LogP contribution in [0.25, 0.3) is 0 Å². The number of Topliss-reactive ketones (excluding diaryl/α,β-unsaturated/α-hetero) is 2. The van der Waals surface area contributed by atoms with Gasteiger partial charge in [0.1, 0.15) is 0 Å². The van der Waals surface area contributed by atoms with Crippen molar-refractivity contribution in [3.8, 4) is 23.0 Å². The summed E-state index contributed by atoms with van der Waals surface area (Å²) in [5.74, 6) is -5.95. The number of phenolic OH excluding ortho intramolecular Hbond substituents is 4. The molecule has 2 rings (SSSR count). The van der Waals surface area contributed by atoms with Gasteiger partial charge in [0.25, 0.3) is 0 Å². The zero-order valence-electron chi connectivity index (χ0n) is 15.8. The third kappa shape index (κ3) is 4.34. The number of rotatable bonds is 9. The smallest absolute Gasteiger partial charge is 0.331 e. The Kier molecular flexibility index (Phi) is 6.65. The molecule has 30 heavy (non-hydrogen) atoms. The molecule has 0 fully saturated rings. The van der Waals surface area contributed by atoms with Crippen LogP contribution >= 0.6 is 0 Å². The predicted octanol–water partition coefficient (Wildman–Crippen LogP) is 0.854. The second kappa shape index (κ2) is 8.80. The SMILES string of the molecule is NC(CCC[C@](N)(C(=O)O)C(=O)c1cccc(O)c1O)C(=O)c1cccc(O)c1O. The number of phenols is 4. The minimum Gasteiger partial charge on any atom is -0.504 e. The lowest BCUT2D eigenvalue weighted by atomic mass is 9.84. The molecule has 160 valence electrons. The Hall–Kier alpha value is -3.63. The standard InChI is InChI=1S/C20H22N2O8/c21-12(15(25)10-4-1-7-13(23)16(10)26)6-3-9-20(22,19(29)30)18(28)11-5-2-8-14(24)17(11)27/h1-2,4-5,7-8,12,23-24,26-27H,3,6,9,21-22H2,(H,29,30)/t12?,20-/m1/s1. The van der Waals surface area contributed by atoms with E-state index in [-0.39, 0.29) is 18.4 Å². The number of para-hydroxylation sites is 2. The number of nitrogens with two attached hydrogens (primary N) is 2. The molecular formula is C20H22N2O8. The minimum absolute atomic E-state index is 0.0550. The number of aliphatic carboxylic acids is 1. The monoisotopic (exact) mass is 418 g/mol. The van der Waals surface area contributed by atoms with E-state index in [0.717, 1.165) is 12.1 Å². The maximum atomic E-state index is 12.7. The molecule has 0 bridgehead atoms. The minimum atomic E-state index is -2.43. The van der Waals surface area contributed by atoms with Gasteiger partial charge in [-0.15, -0.1) is 0 Å². The maximum absolute atomic E-state index is 12.7. The van der Waals surface area contributed by atoms with Crippen LogP contribution in [0.1, 0.15) is 40.0 Å². The normalized spacial score (nSPS) is 13.9. The van der Waals surface area contributed by atoms with Gasteiger partial charge in [-0.1, -0.05) is 12.1 Å². The zero-order valence-corrected chi connectivity index (χ0v) is 15.8. The average molecular weight is 418 g/mol. The van der Waals surface area contributed by atoms with Gasteiger partial charge in [0, 0.05) is 0 Å². The molecule has 0 aliphatic heterocycles. The summed E-state index contributed by atoms with van der Waals surface area (Å²) in [5, 5.41) is 48.1. The Morgan fingerprint density at radius 2 is 1.40 bits per heavy atom. The van der Waals surface area contributed by atoms with Crippen LogP contribution < -0.4 is 11.5 Å². The first-order valence-electron chi connectivity index (χ1n) is 8.89. The highest BCUT2D eigenvalue weighted by Gasteiger charge is 2.43. The van der Waals surface area contributed by atoms with Gasteiger partial charge in [0.2, 0.25) is 0 Å². The van der Waals surface area contributed by atoms with Crippen LogP contribution in [0.15, 0.2) is 36.4 Å². The molecule has 0 heterocycles. The first kappa shape index (κ1) is 22.7.